The maximum absolute atomic E-state index is 10.8. The van der Waals surface area contributed by atoms with Crippen LogP contribution in [-0.4, -0.2) is 28.7 Å². The molecule has 1 aromatic rings. The molecule has 0 radical (unpaired) electrons. The number of benzene rings is 1. The van der Waals surface area contributed by atoms with Crippen molar-refractivity contribution >= 4 is 17.2 Å². The van der Waals surface area contributed by atoms with Crippen LogP contribution in [0.1, 0.15) is 40.2 Å². The second-order valence-corrected chi connectivity index (χ2v) is 6.58. The minimum atomic E-state index is -0.378. The number of non-ortho nitro benzene ring substituents is 1. The molecule has 0 heterocycles. The van der Waals surface area contributed by atoms with Crippen molar-refractivity contribution in [2.45, 2.75) is 41.5 Å². The third-order valence-electron chi connectivity index (χ3n) is 3.30. The molecular formula is C17H27N3O2. The molecular weight excluding hydrogens is 278 g/mol. The summed E-state index contributed by atoms with van der Waals surface area (Å²) in [5, 5.41) is 10.8. The first-order chi connectivity index (χ1) is 10.2. The largest absolute Gasteiger partial charge is 0.360 e. The van der Waals surface area contributed by atoms with E-state index in [0.29, 0.717) is 11.8 Å². The van der Waals surface area contributed by atoms with E-state index in [1.807, 2.05) is 13.8 Å². The van der Waals surface area contributed by atoms with Crippen LogP contribution in [0.2, 0.25) is 0 Å². The summed E-state index contributed by atoms with van der Waals surface area (Å²) in [4.78, 5) is 17.4. The van der Waals surface area contributed by atoms with E-state index in [0.717, 1.165) is 30.2 Å². The number of aliphatic imine (C=N–C) groups is 1. The van der Waals surface area contributed by atoms with E-state index in [1.165, 1.54) is 6.07 Å². The Morgan fingerprint density at radius 2 is 1.77 bits per heavy atom. The zero-order valence-corrected chi connectivity index (χ0v) is 14.5. The molecule has 0 unspecified atom stereocenters. The Labute approximate surface area is 133 Å². The minimum Gasteiger partial charge on any atom is -0.360 e. The normalized spacial score (nSPS) is 12.1. The lowest BCUT2D eigenvalue weighted by atomic mass is 10.1. The van der Waals surface area contributed by atoms with Crippen molar-refractivity contribution in [2.24, 2.45) is 16.8 Å². The Balaban J connectivity index is 3.04. The number of aryl methyl sites for hydroxylation is 1. The first kappa shape index (κ1) is 18.1. The Hall–Kier alpha value is -1.91. The molecule has 1 rings (SSSR count). The predicted molar refractivity (Wildman–Crippen MR) is 91.9 cm³/mol. The maximum Gasteiger partial charge on any atom is 0.269 e. The smallest absolute Gasteiger partial charge is 0.269 e. The third-order valence-corrected chi connectivity index (χ3v) is 3.30. The lowest BCUT2D eigenvalue weighted by Crippen LogP contribution is -2.35. The number of rotatable bonds is 6. The number of hydrogen-bond acceptors (Lipinski definition) is 3. The van der Waals surface area contributed by atoms with Crippen molar-refractivity contribution in [1.29, 1.82) is 0 Å². The fourth-order valence-electron chi connectivity index (χ4n) is 2.34. The van der Waals surface area contributed by atoms with Crippen molar-refractivity contribution < 1.29 is 4.92 Å². The van der Waals surface area contributed by atoms with E-state index in [9.17, 15) is 10.1 Å². The molecule has 0 fully saturated rings. The van der Waals surface area contributed by atoms with Crippen LogP contribution in [-0.2, 0) is 0 Å². The molecule has 0 N–H and O–H groups in total. The molecule has 0 aromatic heterocycles. The highest BCUT2D eigenvalue weighted by Crippen LogP contribution is 2.24. The molecule has 0 aliphatic rings. The van der Waals surface area contributed by atoms with Gasteiger partial charge in [0.05, 0.1) is 10.6 Å². The van der Waals surface area contributed by atoms with Crippen molar-refractivity contribution in [2.75, 3.05) is 13.1 Å². The van der Waals surface area contributed by atoms with Crippen molar-refractivity contribution in [1.82, 2.24) is 4.90 Å². The first-order valence-corrected chi connectivity index (χ1v) is 7.76. The average molecular weight is 305 g/mol. The van der Waals surface area contributed by atoms with Gasteiger partial charge in [0, 0.05) is 25.2 Å². The molecule has 5 heteroatoms. The van der Waals surface area contributed by atoms with Crippen LogP contribution in [0.25, 0.3) is 0 Å². The first-order valence-electron chi connectivity index (χ1n) is 7.76. The van der Waals surface area contributed by atoms with Crippen LogP contribution in [0.3, 0.4) is 0 Å². The SMILES string of the molecule is C/C(=N\c1ccc([N+](=O)[O-])cc1C)N(CC(C)C)CC(C)C. The van der Waals surface area contributed by atoms with Crippen LogP contribution in [0, 0.1) is 28.9 Å². The monoisotopic (exact) mass is 305 g/mol. The van der Waals surface area contributed by atoms with Gasteiger partial charge in [0.1, 0.15) is 5.84 Å². The van der Waals surface area contributed by atoms with Crippen LogP contribution < -0.4 is 0 Å². The molecule has 122 valence electrons. The Bertz CT molecular complexity index is 541. The fourth-order valence-corrected chi connectivity index (χ4v) is 2.34. The van der Waals surface area contributed by atoms with E-state index in [2.05, 4.69) is 37.6 Å². The Morgan fingerprint density at radius 1 is 1.23 bits per heavy atom. The van der Waals surface area contributed by atoms with Gasteiger partial charge in [-0.15, -0.1) is 0 Å². The number of amidine groups is 1. The van der Waals surface area contributed by atoms with Gasteiger partial charge in [0.25, 0.3) is 5.69 Å². The molecule has 0 bridgehead atoms. The number of nitro groups is 1. The predicted octanol–water partition coefficient (Wildman–Crippen LogP) is 4.57. The molecule has 0 aliphatic carbocycles. The van der Waals surface area contributed by atoms with Gasteiger partial charge in [-0.1, -0.05) is 27.7 Å². The van der Waals surface area contributed by atoms with Gasteiger partial charge in [0.2, 0.25) is 0 Å². The highest BCUT2D eigenvalue weighted by Gasteiger charge is 2.13. The Morgan fingerprint density at radius 3 is 2.18 bits per heavy atom. The van der Waals surface area contributed by atoms with Crippen molar-refractivity contribution in [3.63, 3.8) is 0 Å². The standard InChI is InChI=1S/C17H27N3O2/c1-12(2)10-19(11-13(3)4)15(6)18-17-8-7-16(20(21)22)9-14(17)5/h7-9,12-13H,10-11H2,1-6H3/b18-15+. The van der Waals surface area contributed by atoms with Gasteiger partial charge in [0.15, 0.2) is 0 Å². The third kappa shape index (κ3) is 5.47. The molecule has 1 aromatic carbocycles. The van der Waals surface area contributed by atoms with Crippen LogP contribution in [0.15, 0.2) is 23.2 Å². The summed E-state index contributed by atoms with van der Waals surface area (Å²) < 4.78 is 0. The van der Waals surface area contributed by atoms with Gasteiger partial charge >= 0.3 is 0 Å². The summed E-state index contributed by atoms with van der Waals surface area (Å²) in [6.45, 7) is 14.5. The zero-order valence-electron chi connectivity index (χ0n) is 14.5. The topological polar surface area (TPSA) is 58.7 Å². The molecule has 0 amide bonds. The highest BCUT2D eigenvalue weighted by atomic mass is 16.6. The van der Waals surface area contributed by atoms with E-state index >= 15 is 0 Å². The second-order valence-electron chi connectivity index (χ2n) is 6.58. The summed E-state index contributed by atoms with van der Waals surface area (Å²) in [6, 6.07) is 4.80. The van der Waals surface area contributed by atoms with Crippen molar-refractivity contribution in [3.05, 3.63) is 33.9 Å². The Kier molecular flexibility index (Phi) is 6.53. The van der Waals surface area contributed by atoms with E-state index in [1.54, 1.807) is 12.1 Å². The number of hydrogen-bond donors (Lipinski definition) is 0. The minimum absolute atomic E-state index is 0.107. The molecule has 22 heavy (non-hydrogen) atoms. The molecule has 0 saturated heterocycles. The molecule has 0 saturated carbocycles. The van der Waals surface area contributed by atoms with Gasteiger partial charge in [-0.3, -0.25) is 10.1 Å². The average Bonchev–Trinajstić information content (AvgIpc) is 2.38. The summed E-state index contributed by atoms with van der Waals surface area (Å²) in [6.07, 6.45) is 0. The molecule has 0 atom stereocenters. The lowest BCUT2D eigenvalue weighted by Gasteiger charge is -2.28. The van der Waals surface area contributed by atoms with E-state index < -0.39 is 0 Å². The van der Waals surface area contributed by atoms with Crippen LogP contribution >= 0.6 is 0 Å². The summed E-state index contributed by atoms with van der Waals surface area (Å²) in [5.41, 5.74) is 1.72. The van der Waals surface area contributed by atoms with Gasteiger partial charge in [-0.05, 0) is 37.3 Å². The second kappa shape index (κ2) is 7.92. The lowest BCUT2D eigenvalue weighted by molar-refractivity contribution is -0.384. The highest BCUT2D eigenvalue weighted by molar-refractivity contribution is 5.83. The van der Waals surface area contributed by atoms with Gasteiger partial charge in [-0.25, -0.2) is 4.99 Å². The van der Waals surface area contributed by atoms with Crippen molar-refractivity contribution in [3.8, 4) is 0 Å². The number of nitrogens with zero attached hydrogens (tertiary/aromatic N) is 3. The summed E-state index contributed by atoms with van der Waals surface area (Å²) in [7, 11) is 0. The number of nitro benzene ring substituents is 1. The molecule has 5 nitrogen and oxygen atoms in total. The summed E-state index contributed by atoms with van der Waals surface area (Å²) >= 11 is 0. The van der Waals surface area contributed by atoms with E-state index in [4.69, 9.17) is 0 Å². The van der Waals surface area contributed by atoms with Gasteiger partial charge in [-0.2, -0.15) is 0 Å². The fraction of sp³-hybridized carbons (Fsp3) is 0.588. The maximum atomic E-state index is 10.8. The van der Waals surface area contributed by atoms with Crippen LogP contribution in [0.5, 0.6) is 0 Å². The quantitative estimate of drug-likeness (QED) is 0.335. The van der Waals surface area contributed by atoms with E-state index in [-0.39, 0.29) is 10.6 Å². The van der Waals surface area contributed by atoms with Gasteiger partial charge < -0.3 is 4.90 Å². The summed E-state index contributed by atoms with van der Waals surface area (Å²) in [5.74, 6) is 2.07. The zero-order chi connectivity index (χ0) is 16.9. The van der Waals surface area contributed by atoms with Crippen LogP contribution in [0.4, 0.5) is 11.4 Å². The molecule has 0 spiro atoms. The molecule has 0 aliphatic heterocycles.